The van der Waals surface area contributed by atoms with E-state index in [1.165, 1.54) is 0 Å². The van der Waals surface area contributed by atoms with Gasteiger partial charge in [-0.1, -0.05) is 36.3 Å². The van der Waals surface area contributed by atoms with Crippen LogP contribution in [0.1, 0.15) is 5.56 Å². The molecule has 0 aliphatic rings. The molecule has 0 unspecified atom stereocenters. The highest BCUT2D eigenvalue weighted by Crippen LogP contribution is 2.31. The molecule has 0 saturated carbocycles. The van der Waals surface area contributed by atoms with Gasteiger partial charge in [0.2, 0.25) is 0 Å². The van der Waals surface area contributed by atoms with Crippen LogP contribution in [0.5, 0.6) is 0 Å². The lowest BCUT2D eigenvalue weighted by Gasteiger charge is -2.20. The van der Waals surface area contributed by atoms with Crippen LogP contribution in [0.4, 0.5) is 11.4 Å². The number of terminal acetylenes is 1. The second-order valence-electron chi connectivity index (χ2n) is 5.13. The van der Waals surface area contributed by atoms with Crippen molar-refractivity contribution in [2.24, 2.45) is 0 Å². The van der Waals surface area contributed by atoms with Crippen molar-refractivity contribution in [1.29, 1.82) is 0 Å². The Morgan fingerprint density at radius 3 is 2.23 bits per heavy atom. The lowest BCUT2D eigenvalue weighted by atomic mass is 10.2. The van der Waals surface area contributed by atoms with Crippen LogP contribution in [0.3, 0.4) is 0 Å². The minimum absolute atomic E-state index is 0.0957. The molecule has 0 saturated heterocycles. The summed E-state index contributed by atoms with van der Waals surface area (Å²) >= 11 is 0. The van der Waals surface area contributed by atoms with Gasteiger partial charge in [-0.05, 0) is 11.6 Å². The Morgan fingerprint density at radius 1 is 1.04 bits per heavy atom. The maximum atomic E-state index is 12.9. The van der Waals surface area contributed by atoms with Crippen molar-refractivity contribution in [2.75, 3.05) is 6.54 Å². The van der Waals surface area contributed by atoms with Crippen molar-refractivity contribution in [2.45, 2.75) is 11.4 Å². The first-order chi connectivity index (χ1) is 12.3. The van der Waals surface area contributed by atoms with Gasteiger partial charge in [-0.3, -0.25) is 20.2 Å². The summed E-state index contributed by atoms with van der Waals surface area (Å²) in [6, 6.07) is 10.9. The molecule has 0 spiro atoms. The van der Waals surface area contributed by atoms with Crippen LogP contribution in [0.2, 0.25) is 0 Å². The van der Waals surface area contributed by atoms with E-state index >= 15 is 0 Å². The lowest BCUT2D eigenvalue weighted by molar-refractivity contribution is -0.396. The van der Waals surface area contributed by atoms with Crippen LogP contribution in [0.15, 0.2) is 53.4 Å². The van der Waals surface area contributed by atoms with Crippen molar-refractivity contribution < 1.29 is 18.3 Å². The van der Waals surface area contributed by atoms with E-state index in [2.05, 4.69) is 5.92 Å². The highest BCUT2D eigenvalue weighted by molar-refractivity contribution is 7.89. The fourth-order valence-electron chi connectivity index (χ4n) is 2.23. The summed E-state index contributed by atoms with van der Waals surface area (Å²) in [5, 5.41) is 22.1. The fraction of sp³-hybridized carbons (Fsp3) is 0.125. The Morgan fingerprint density at radius 2 is 1.69 bits per heavy atom. The van der Waals surface area contributed by atoms with E-state index in [-0.39, 0.29) is 13.1 Å². The van der Waals surface area contributed by atoms with Gasteiger partial charge in [0.1, 0.15) is 0 Å². The summed E-state index contributed by atoms with van der Waals surface area (Å²) in [7, 11) is -4.35. The molecule has 0 aliphatic heterocycles. The zero-order chi connectivity index (χ0) is 19.3. The van der Waals surface area contributed by atoms with Crippen molar-refractivity contribution in [3.05, 3.63) is 74.3 Å². The van der Waals surface area contributed by atoms with Gasteiger partial charge in [-0.2, -0.15) is 4.31 Å². The highest BCUT2D eigenvalue weighted by Gasteiger charge is 2.33. The number of hydrogen-bond donors (Lipinski definition) is 0. The summed E-state index contributed by atoms with van der Waals surface area (Å²) in [6.07, 6.45) is 5.24. The van der Waals surface area contributed by atoms with Gasteiger partial charge in [-0.25, -0.2) is 8.42 Å². The van der Waals surface area contributed by atoms with Gasteiger partial charge in [0.25, 0.3) is 21.4 Å². The topological polar surface area (TPSA) is 124 Å². The molecule has 0 aliphatic carbocycles. The molecule has 0 heterocycles. The van der Waals surface area contributed by atoms with Crippen molar-refractivity contribution >= 4 is 21.4 Å². The number of nitrogens with zero attached hydrogens (tertiary/aromatic N) is 3. The standard InChI is InChI=1S/C16H13N3O6S/c1-2-10-17(12-13-6-4-3-5-7-13)26(24,25)16-9-8-14(18(20)21)11-15(16)19(22)23/h1,3-9,11H,10,12H2. The van der Waals surface area contributed by atoms with Gasteiger partial charge in [0.05, 0.1) is 22.5 Å². The quantitative estimate of drug-likeness (QED) is 0.415. The number of sulfonamides is 1. The number of hydrogen-bond acceptors (Lipinski definition) is 6. The molecule has 2 aromatic carbocycles. The highest BCUT2D eigenvalue weighted by atomic mass is 32.2. The molecule has 9 nitrogen and oxygen atoms in total. The zero-order valence-corrected chi connectivity index (χ0v) is 14.1. The van der Waals surface area contributed by atoms with Crippen molar-refractivity contribution in [1.82, 2.24) is 4.31 Å². The van der Waals surface area contributed by atoms with Crippen LogP contribution in [-0.2, 0) is 16.6 Å². The molecule has 0 fully saturated rings. The van der Waals surface area contributed by atoms with Gasteiger partial charge in [0, 0.05) is 12.6 Å². The first-order valence-electron chi connectivity index (χ1n) is 7.17. The molecule has 0 amide bonds. The Kier molecular flexibility index (Phi) is 5.66. The first kappa shape index (κ1) is 19.0. The van der Waals surface area contributed by atoms with E-state index in [1.807, 2.05) is 0 Å². The molecule has 26 heavy (non-hydrogen) atoms. The summed E-state index contributed by atoms with van der Waals surface area (Å²) in [6.45, 7) is -0.410. The molecule has 0 atom stereocenters. The van der Waals surface area contributed by atoms with Crippen LogP contribution in [0.25, 0.3) is 0 Å². The SMILES string of the molecule is C#CCN(Cc1ccccc1)S(=O)(=O)c1ccc([N+](=O)[O-])cc1[N+](=O)[O-]. The molecule has 134 valence electrons. The van der Waals surface area contributed by atoms with E-state index in [9.17, 15) is 28.6 Å². The zero-order valence-electron chi connectivity index (χ0n) is 13.3. The minimum Gasteiger partial charge on any atom is -0.258 e. The summed E-state index contributed by atoms with van der Waals surface area (Å²) in [5.74, 6) is 2.21. The average molecular weight is 375 g/mol. The number of rotatable bonds is 7. The second kappa shape index (κ2) is 7.73. The Labute approximate surface area is 149 Å². The van der Waals surface area contributed by atoms with Crippen LogP contribution in [0, 0.1) is 32.6 Å². The van der Waals surface area contributed by atoms with Crippen LogP contribution >= 0.6 is 0 Å². The largest absolute Gasteiger partial charge is 0.296 e. The first-order valence-corrected chi connectivity index (χ1v) is 8.61. The molecule has 0 bridgehead atoms. The van der Waals surface area contributed by atoms with Crippen molar-refractivity contribution in [3.63, 3.8) is 0 Å². The Hall–Kier alpha value is -3.29. The summed E-state index contributed by atoms with van der Waals surface area (Å²) in [4.78, 5) is 19.6. The van der Waals surface area contributed by atoms with E-state index < -0.39 is 36.1 Å². The molecule has 2 rings (SSSR count). The molecule has 0 aromatic heterocycles. The Balaban J connectivity index is 2.54. The van der Waals surface area contributed by atoms with Crippen molar-refractivity contribution in [3.8, 4) is 12.3 Å². The van der Waals surface area contributed by atoms with Gasteiger partial charge in [-0.15, -0.1) is 6.42 Å². The predicted octanol–water partition coefficient (Wildman–Crippen LogP) is 2.33. The fourth-order valence-corrected chi connectivity index (χ4v) is 3.71. The number of nitro groups is 2. The van der Waals surface area contributed by atoms with Crippen LogP contribution < -0.4 is 0 Å². The predicted molar refractivity (Wildman–Crippen MR) is 92.6 cm³/mol. The number of benzene rings is 2. The van der Waals surface area contributed by atoms with Gasteiger partial charge >= 0.3 is 0 Å². The molecule has 10 heteroatoms. The molecule has 0 N–H and O–H groups in total. The monoisotopic (exact) mass is 375 g/mol. The normalized spacial score (nSPS) is 11.1. The maximum Gasteiger partial charge on any atom is 0.296 e. The molecule has 0 radical (unpaired) electrons. The minimum atomic E-state index is -4.35. The smallest absolute Gasteiger partial charge is 0.258 e. The molecular formula is C16H13N3O6S. The van der Waals surface area contributed by atoms with E-state index in [0.29, 0.717) is 11.6 Å². The summed E-state index contributed by atoms with van der Waals surface area (Å²) in [5.41, 5.74) is -0.826. The number of non-ortho nitro benzene ring substituents is 1. The lowest BCUT2D eigenvalue weighted by Crippen LogP contribution is -2.31. The van der Waals surface area contributed by atoms with Gasteiger partial charge < -0.3 is 0 Å². The molecule has 2 aromatic rings. The number of nitro benzene ring substituents is 2. The van der Waals surface area contributed by atoms with E-state index in [4.69, 9.17) is 6.42 Å². The third kappa shape index (κ3) is 4.02. The second-order valence-corrected chi connectivity index (χ2v) is 7.04. The van der Waals surface area contributed by atoms with E-state index in [1.54, 1.807) is 30.3 Å². The van der Waals surface area contributed by atoms with Gasteiger partial charge in [0.15, 0.2) is 4.90 Å². The Bertz CT molecular complexity index is 983. The average Bonchev–Trinajstić information content (AvgIpc) is 2.61. The van der Waals surface area contributed by atoms with E-state index in [0.717, 1.165) is 16.4 Å². The third-order valence-electron chi connectivity index (χ3n) is 3.44. The molecular weight excluding hydrogens is 362 g/mol. The third-order valence-corrected chi connectivity index (χ3v) is 5.28. The summed E-state index contributed by atoms with van der Waals surface area (Å²) < 4.78 is 26.7. The van der Waals surface area contributed by atoms with Crippen LogP contribution in [-0.4, -0.2) is 29.1 Å². The maximum absolute atomic E-state index is 12.9.